The van der Waals surface area contributed by atoms with E-state index in [0.29, 0.717) is 12.3 Å². The Morgan fingerprint density at radius 3 is 2.43 bits per heavy atom. The van der Waals surface area contributed by atoms with Crippen LogP contribution in [-0.2, 0) is 15.8 Å². The van der Waals surface area contributed by atoms with Crippen LogP contribution in [-0.4, -0.2) is 15.0 Å². The van der Waals surface area contributed by atoms with Crippen molar-refractivity contribution >= 4 is 15.7 Å². The lowest BCUT2D eigenvalue weighted by Gasteiger charge is -2.11. The molecule has 0 bridgehead atoms. The number of nitrogens with one attached hydrogen (secondary N) is 1. The number of aryl methyl sites for hydroxylation is 1. The summed E-state index contributed by atoms with van der Waals surface area (Å²) in [6.45, 7) is 4.38. The predicted octanol–water partition coefficient (Wildman–Crippen LogP) is 3.34. The van der Waals surface area contributed by atoms with Gasteiger partial charge in [0.2, 0.25) is 10.0 Å². The fourth-order valence-electron chi connectivity index (χ4n) is 2.04. The van der Waals surface area contributed by atoms with Gasteiger partial charge in [-0.15, -0.1) is 0 Å². The van der Waals surface area contributed by atoms with Gasteiger partial charge in [-0.25, -0.2) is 8.42 Å². The van der Waals surface area contributed by atoms with Crippen molar-refractivity contribution in [3.63, 3.8) is 0 Å². The van der Waals surface area contributed by atoms with Crippen LogP contribution in [0.5, 0.6) is 5.75 Å². The zero-order valence-corrected chi connectivity index (χ0v) is 13.0. The van der Waals surface area contributed by atoms with Crippen LogP contribution in [0.4, 0.5) is 5.69 Å². The first kappa shape index (κ1) is 15.4. The highest BCUT2D eigenvalue weighted by Gasteiger charge is 2.12. The van der Waals surface area contributed by atoms with Gasteiger partial charge in [0.15, 0.2) is 0 Å². The first-order chi connectivity index (χ1) is 10.00. The molecule has 0 heterocycles. The molecule has 0 aliphatic rings. The largest absolute Gasteiger partial charge is 0.494 e. The van der Waals surface area contributed by atoms with Crippen LogP contribution in [0.15, 0.2) is 48.5 Å². The van der Waals surface area contributed by atoms with Crippen LogP contribution in [0.2, 0.25) is 0 Å². The Morgan fingerprint density at radius 1 is 1.10 bits per heavy atom. The second-order valence-electron chi connectivity index (χ2n) is 4.76. The number of hydrogen-bond acceptors (Lipinski definition) is 3. The van der Waals surface area contributed by atoms with Crippen molar-refractivity contribution in [2.45, 2.75) is 19.6 Å². The molecule has 0 saturated carbocycles. The lowest BCUT2D eigenvalue weighted by Crippen LogP contribution is -2.15. The second kappa shape index (κ2) is 6.63. The van der Waals surface area contributed by atoms with E-state index in [4.69, 9.17) is 4.74 Å². The lowest BCUT2D eigenvalue weighted by molar-refractivity contribution is 0.338. The zero-order valence-electron chi connectivity index (χ0n) is 12.2. The predicted molar refractivity (Wildman–Crippen MR) is 85.0 cm³/mol. The average Bonchev–Trinajstić information content (AvgIpc) is 2.42. The maximum atomic E-state index is 12.1. The molecule has 112 valence electrons. The summed E-state index contributed by atoms with van der Waals surface area (Å²) in [6.07, 6.45) is 0. The first-order valence-corrected chi connectivity index (χ1v) is 8.43. The van der Waals surface area contributed by atoms with E-state index in [9.17, 15) is 8.42 Å². The van der Waals surface area contributed by atoms with Crippen LogP contribution in [0.25, 0.3) is 0 Å². The summed E-state index contributed by atoms with van der Waals surface area (Å²) in [4.78, 5) is 0. The van der Waals surface area contributed by atoms with Crippen LogP contribution in [0.1, 0.15) is 18.1 Å². The third-order valence-electron chi connectivity index (χ3n) is 2.95. The van der Waals surface area contributed by atoms with Crippen LogP contribution >= 0.6 is 0 Å². The number of sulfonamides is 1. The van der Waals surface area contributed by atoms with Crippen LogP contribution in [0, 0.1) is 6.92 Å². The molecular weight excluding hydrogens is 286 g/mol. The summed E-state index contributed by atoms with van der Waals surface area (Å²) in [6, 6.07) is 14.4. The fraction of sp³-hybridized carbons (Fsp3) is 0.250. The summed E-state index contributed by atoms with van der Waals surface area (Å²) >= 11 is 0. The molecule has 4 nitrogen and oxygen atoms in total. The molecular formula is C16H19NO3S. The molecule has 2 aromatic carbocycles. The topological polar surface area (TPSA) is 55.4 Å². The fourth-order valence-corrected chi connectivity index (χ4v) is 3.23. The third kappa shape index (κ3) is 4.49. The molecule has 0 amide bonds. The van der Waals surface area contributed by atoms with Crippen molar-refractivity contribution < 1.29 is 13.2 Å². The van der Waals surface area contributed by atoms with E-state index in [1.54, 1.807) is 30.3 Å². The molecule has 2 rings (SSSR count). The van der Waals surface area contributed by atoms with Gasteiger partial charge in [0, 0.05) is 5.69 Å². The second-order valence-corrected chi connectivity index (χ2v) is 6.48. The van der Waals surface area contributed by atoms with Gasteiger partial charge in [0.05, 0.1) is 12.4 Å². The summed E-state index contributed by atoms with van der Waals surface area (Å²) in [5.41, 5.74) is 2.20. The van der Waals surface area contributed by atoms with E-state index >= 15 is 0 Å². The monoisotopic (exact) mass is 305 g/mol. The minimum absolute atomic E-state index is 0.0416. The van der Waals surface area contributed by atoms with Gasteiger partial charge in [-0.3, -0.25) is 4.72 Å². The van der Waals surface area contributed by atoms with Gasteiger partial charge in [0.25, 0.3) is 0 Å². The Bertz CT molecular complexity index is 697. The molecule has 0 atom stereocenters. The van der Waals surface area contributed by atoms with Crippen LogP contribution in [0.3, 0.4) is 0 Å². The molecule has 0 unspecified atom stereocenters. The Balaban J connectivity index is 2.11. The minimum atomic E-state index is -3.42. The molecule has 0 radical (unpaired) electrons. The van der Waals surface area contributed by atoms with E-state index in [-0.39, 0.29) is 5.75 Å². The smallest absolute Gasteiger partial charge is 0.236 e. The van der Waals surface area contributed by atoms with Gasteiger partial charge in [-0.05, 0) is 43.2 Å². The third-order valence-corrected chi connectivity index (χ3v) is 4.21. The maximum Gasteiger partial charge on any atom is 0.236 e. The Labute approximate surface area is 125 Å². The number of hydrogen-bond donors (Lipinski definition) is 1. The lowest BCUT2D eigenvalue weighted by atomic mass is 10.2. The number of rotatable bonds is 6. The Morgan fingerprint density at radius 2 is 1.81 bits per heavy atom. The van der Waals surface area contributed by atoms with E-state index in [2.05, 4.69) is 4.72 Å². The summed E-state index contributed by atoms with van der Waals surface area (Å²) in [5.74, 6) is 0.726. The van der Waals surface area contributed by atoms with Crippen molar-refractivity contribution in [3.8, 4) is 5.75 Å². The van der Waals surface area contributed by atoms with Gasteiger partial charge in [-0.2, -0.15) is 0 Å². The van der Waals surface area contributed by atoms with Gasteiger partial charge < -0.3 is 4.74 Å². The molecule has 0 spiro atoms. The first-order valence-electron chi connectivity index (χ1n) is 6.78. The van der Waals surface area contributed by atoms with Crippen molar-refractivity contribution in [2.75, 3.05) is 11.3 Å². The molecule has 0 fully saturated rings. The number of ether oxygens (including phenoxy) is 1. The molecule has 0 saturated heterocycles. The minimum Gasteiger partial charge on any atom is -0.494 e. The summed E-state index contributed by atoms with van der Waals surface area (Å²) in [7, 11) is -3.42. The number of anilines is 1. The standard InChI is InChI=1S/C16H19NO3S/c1-3-20-16-10-9-15(11-13(16)2)17-21(18,19)12-14-7-5-4-6-8-14/h4-11,17H,3,12H2,1-2H3. The highest BCUT2D eigenvalue weighted by molar-refractivity contribution is 7.91. The van der Waals surface area contributed by atoms with Crippen molar-refractivity contribution in [1.82, 2.24) is 0 Å². The summed E-state index contributed by atoms with van der Waals surface area (Å²) < 4.78 is 32.3. The van der Waals surface area contributed by atoms with E-state index in [1.807, 2.05) is 32.0 Å². The highest BCUT2D eigenvalue weighted by Crippen LogP contribution is 2.23. The maximum absolute atomic E-state index is 12.1. The van der Waals surface area contributed by atoms with Gasteiger partial charge in [-0.1, -0.05) is 30.3 Å². The normalized spacial score (nSPS) is 11.1. The SMILES string of the molecule is CCOc1ccc(NS(=O)(=O)Cc2ccccc2)cc1C. The van der Waals surface area contributed by atoms with Crippen molar-refractivity contribution in [1.29, 1.82) is 0 Å². The average molecular weight is 305 g/mol. The van der Waals surface area contributed by atoms with Crippen molar-refractivity contribution in [3.05, 3.63) is 59.7 Å². The van der Waals surface area contributed by atoms with E-state index in [1.165, 1.54) is 0 Å². The van der Waals surface area contributed by atoms with Gasteiger partial charge in [0.1, 0.15) is 5.75 Å². The zero-order chi connectivity index (χ0) is 15.3. The van der Waals surface area contributed by atoms with Gasteiger partial charge >= 0.3 is 0 Å². The number of benzene rings is 2. The Hall–Kier alpha value is -2.01. The molecule has 21 heavy (non-hydrogen) atoms. The van der Waals surface area contributed by atoms with Crippen molar-refractivity contribution in [2.24, 2.45) is 0 Å². The molecule has 0 aliphatic carbocycles. The van der Waals surface area contributed by atoms with Crippen LogP contribution < -0.4 is 9.46 Å². The van der Waals surface area contributed by atoms with E-state index in [0.717, 1.165) is 16.9 Å². The Kier molecular flexibility index (Phi) is 4.85. The highest BCUT2D eigenvalue weighted by atomic mass is 32.2. The summed E-state index contributed by atoms with van der Waals surface area (Å²) in [5, 5.41) is 0. The van der Waals surface area contributed by atoms with E-state index < -0.39 is 10.0 Å². The molecule has 0 aromatic heterocycles. The molecule has 0 aliphatic heterocycles. The quantitative estimate of drug-likeness (QED) is 0.890. The molecule has 5 heteroatoms. The molecule has 2 aromatic rings. The molecule has 1 N–H and O–H groups in total.